The monoisotopic (exact) mass is 165 g/mol. The van der Waals surface area contributed by atoms with Crippen LogP contribution >= 0.6 is 0 Å². The number of phenolic OH excluding ortho intramolecular Hbond substituents is 3. The molecule has 0 atom stereocenters. The first-order chi connectivity index (χ1) is 4.22. The molecule has 0 aliphatic heterocycles. The van der Waals surface area contributed by atoms with Gasteiger partial charge in [0.2, 0.25) is 0 Å². The summed E-state index contributed by atoms with van der Waals surface area (Å²) in [5.41, 5.74) is 0. The number of aromatic hydroxyl groups is 3. The quantitative estimate of drug-likeness (QED) is 0.302. The Kier molecular flexibility index (Phi) is 4.31. The van der Waals surface area contributed by atoms with Crippen molar-refractivity contribution >= 4 is 0 Å². The molecule has 0 spiro atoms. The van der Waals surface area contributed by atoms with Crippen molar-refractivity contribution in [1.29, 1.82) is 0 Å². The number of rotatable bonds is 0. The van der Waals surface area contributed by atoms with Crippen LogP contribution in [-0.4, -0.2) is 15.3 Å². The molecular formula is C6H6KO3+. The Bertz CT molecular complexity index is 204. The van der Waals surface area contributed by atoms with E-state index in [2.05, 4.69) is 0 Å². The SMILES string of the molecule is Oc1cccc(O)c1O.[K+]. The molecule has 0 saturated carbocycles. The third-order valence-electron chi connectivity index (χ3n) is 0.993. The fourth-order valence-corrected chi connectivity index (χ4v) is 0.519. The molecule has 1 rings (SSSR count). The predicted molar refractivity (Wildman–Crippen MR) is 31.4 cm³/mol. The van der Waals surface area contributed by atoms with E-state index in [0.29, 0.717) is 0 Å². The molecule has 10 heavy (non-hydrogen) atoms. The van der Waals surface area contributed by atoms with Crippen LogP contribution in [0.4, 0.5) is 0 Å². The van der Waals surface area contributed by atoms with Gasteiger partial charge in [-0.1, -0.05) is 6.07 Å². The van der Waals surface area contributed by atoms with Gasteiger partial charge in [-0.25, -0.2) is 0 Å². The van der Waals surface area contributed by atoms with Crippen molar-refractivity contribution in [3.8, 4) is 17.2 Å². The molecule has 0 aliphatic rings. The summed E-state index contributed by atoms with van der Waals surface area (Å²) in [5, 5.41) is 26.1. The number of hydrogen-bond donors (Lipinski definition) is 3. The summed E-state index contributed by atoms with van der Waals surface area (Å²) in [5.74, 6) is -1.09. The fraction of sp³-hybridized carbons (Fsp3) is 0. The van der Waals surface area contributed by atoms with Crippen LogP contribution in [0, 0.1) is 0 Å². The first kappa shape index (κ1) is 10.3. The molecule has 0 amide bonds. The topological polar surface area (TPSA) is 60.7 Å². The smallest absolute Gasteiger partial charge is 0.504 e. The van der Waals surface area contributed by atoms with Gasteiger partial charge in [-0.05, 0) is 12.1 Å². The molecule has 0 heterocycles. The van der Waals surface area contributed by atoms with E-state index < -0.39 is 5.75 Å². The van der Waals surface area contributed by atoms with E-state index >= 15 is 0 Å². The second-order valence-electron chi connectivity index (χ2n) is 1.64. The van der Waals surface area contributed by atoms with Crippen LogP contribution in [0.2, 0.25) is 0 Å². The van der Waals surface area contributed by atoms with Gasteiger partial charge in [-0.15, -0.1) is 0 Å². The molecular weight excluding hydrogens is 159 g/mol. The Morgan fingerprint density at radius 2 is 1.30 bits per heavy atom. The van der Waals surface area contributed by atoms with E-state index in [1.807, 2.05) is 0 Å². The van der Waals surface area contributed by atoms with Gasteiger partial charge in [0.15, 0.2) is 17.2 Å². The van der Waals surface area contributed by atoms with Crippen molar-refractivity contribution in [1.82, 2.24) is 0 Å². The molecule has 0 fully saturated rings. The van der Waals surface area contributed by atoms with E-state index in [-0.39, 0.29) is 62.9 Å². The second-order valence-corrected chi connectivity index (χ2v) is 1.64. The van der Waals surface area contributed by atoms with Crippen LogP contribution in [0.5, 0.6) is 17.2 Å². The summed E-state index contributed by atoms with van der Waals surface area (Å²) in [6.07, 6.45) is 0. The molecule has 0 saturated heterocycles. The average molecular weight is 165 g/mol. The predicted octanol–water partition coefficient (Wildman–Crippen LogP) is -2.19. The van der Waals surface area contributed by atoms with E-state index in [9.17, 15) is 0 Å². The molecule has 0 unspecified atom stereocenters. The van der Waals surface area contributed by atoms with Gasteiger partial charge >= 0.3 is 51.4 Å². The third kappa shape index (κ3) is 2.14. The van der Waals surface area contributed by atoms with Crippen molar-refractivity contribution in [3.63, 3.8) is 0 Å². The van der Waals surface area contributed by atoms with E-state index in [4.69, 9.17) is 15.3 Å². The van der Waals surface area contributed by atoms with Crippen LogP contribution in [0.3, 0.4) is 0 Å². The zero-order valence-electron chi connectivity index (χ0n) is 5.57. The van der Waals surface area contributed by atoms with E-state index in [1.165, 1.54) is 18.2 Å². The maximum atomic E-state index is 8.71. The maximum absolute atomic E-state index is 8.71. The van der Waals surface area contributed by atoms with Crippen LogP contribution in [0.25, 0.3) is 0 Å². The van der Waals surface area contributed by atoms with Gasteiger partial charge in [0.1, 0.15) is 0 Å². The zero-order chi connectivity index (χ0) is 6.85. The Morgan fingerprint density at radius 1 is 0.900 bits per heavy atom. The normalized spacial score (nSPS) is 8.40. The Hall–Kier alpha value is 0.256. The zero-order valence-corrected chi connectivity index (χ0v) is 8.70. The Balaban J connectivity index is 0.000000810. The van der Waals surface area contributed by atoms with Crippen molar-refractivity contribution < 1.29 is 66.7 Å². The molecule has 0 aromatic heterocycles. The first-order valence-corrected chi connectivity index (χ1v) is 2.41. The minimum Gasteiger partial charge on any atom is -0.504 e. The Morgan fingerprint density at radius 3 is 1.60 bits per heavy atom. The molecule has 0 bridgehead atoms. The minimum absolute atomic E-state index is 0. The summed E-state index contributed by atoms with van der Waals surface area (Å²) >= 11 is 0. The molecule has 1 aromatic rings. The number of benzene rings is 1. The Labute approximate surface area is 101 Å². The van der Waals surface area contributed by atoms with Gasteiger partial charge in [0, 0.05) is 0 Å². The second kappa shape index (κ2) is 4.20. The van der Waals surface area contributed by atoms with E-state index in [1.54, 1.807) is 0 Å². The summed E-state index contributed by atoms with van der Waals surface area (Å²) in [6, 6.07) is 4.01. The van der Waals surface area contributed by atoms with Gasteiger partial charge in [0.25, 0.3) is 0 Å². The third-order valence-corrected chi connectivity index (χ3v) is 0.993. The molecule has 3 N–H and O–H groups in total. The summed E-state index contributed by atoms with van der Waals surface area (Å²) < 4.78 is 0. The summed E-state index contributed by atoms with van der Waals surface area (Å²) in [6.45, 7) is 0. The first-order valence-electron chi connectivity index (χ1n) is 2.41. The minimum atomic E-state index is -0.475. The molecule has 3 nitrogen and oxygen atoms in total. The number of para-hydroxylation sites is 1. The van der Waals surface area contributed by atoms with E-state index in [0.717, 1.165) is 0 Å². The molecule has 1 aromatic carbocycles. The van der Waals surface area contributed by atoms with Crippen LogP contribution in [0.1, 0.15) is 0 Å². The molecule has 0 radical (unpaired) electrons. The molecule has 48 valence electrons. The van der Waals surface area contributed by atoms with Crippen LogP contribution in [-0.2, 0) is 0 Å². The standard InChI is InChI=1S/C6H6O3.K/c7-4-2-1-3-5(8)6(4)9;/h1-3,7-9H;/q;+1. The van der Waals surface area contributed by atoms with Crippen LogP contribution < -0.4 is 51.4 Å². The maximum Gasteiger partial charge on any atom is 1.00 e. The van der Waals surface area contributed by atoms with Gasteiger partial charge < -0.3 is 15.3 Å². The number of hydrogen-bond acceptors (Lipinski definition) is 3. The van der Waals surface area contributed by atoms with Gasteiger partial charge in [0.05, 0.1) is 0 Å². The van der Waals surface area contributed by atoms with Gasteiger partial charge in [-0.3, -0.25) is 0 Å². The summed E-state index contributed by atoms with van der Waals surface area (Å²) in [4.78, 5) is 0. The average Bonchev–Trinajstić information content (AvgIpc) is 1.83. The largest absolute Gasteiger partial charge is 1.00 e. The van der Waals surface area contributed by atoms with Gasteiger partial charge in [-0.2, -0.15) is 0 Å². The number of phenols is 3. The van der Waals surface area contributed by atoms with Crippen molar-refractivity contribution in [2.75, 3.05) is 0 Å². The fourth-order valence-electron chi connectivity index (χ4n) is 0.519. The van der Waals surface area contributed by atoms with Crippen molar-refractivity contribution in [2.24, 2.45) is 0 Å². The van der Waals surface area contributed by atoms with Crippen LogP contribution in [0.15, 0.2) is 18.2 Å². The molecule has 4 heteroatoms. The van der Waals surface area contributed by atoms with Crippen molar-refractivity contribution in [2.45, 2.75) is 0 Å². The van der Waals surface area contributed by atoms with Crippen molar-refractivity contribution in [3.05, 3.63) is 18.2 Å². The molecule has 0 aliphatic carbocycles. The summed E-state index contributed by atoms with van der Waals surface area (Å²) in [7, 11) is 0.